The number of fused-ring (bicyclic) bond motifs is 1. The van der Waals surface area contributed by atoms with E-state index in [9.17, 15) is 10.1 Å². The molecule has 0 atom stereocenters. The minimum Gasteiger partial charge on any atom is -0.369 e. The fourth-order valence-electron chi connectivity index (χ4n) is 2.77. The van der Waals surface area contributed by atoms with Gasteiger partial charge in [0.05, 0.1) is 11.1 Å². The second-order valence-corrected chi connectivity index (χ2v) is 5.10. The van der Waals surface area contributed by atoms with E-state index in [0.717, 1.165) is 24.3 Å². The number of hydrogen-bond acceptors (Lipinski definition) is 6. The molecule has 0 radical (unpaired) electrons. The molecule has 4 rings (SSSR count). The summed E-state index contributed by atoms with van der Waals surface area (Å²) in [4.78, 5) is 19.3. The van der Waals surface area contributed by atoms with Gasteiger partial charge in [0.25, 0.3) is 5.69 Å². The second kappa shape index (κ2) is 5.16. The van der Waals surface area contributed by atoms with E-state index in [1.54, 1.807) is 41.5 Å². The van der Waals surface area contributed by atoms with Crippen LogP contribution in [0.3, 0.4) is 0 Å². The minimum absolute atomic E-state index is 0.0113. The van der Waals surface area contributed by atoms with Crippen molar-refractivity contribution in [2.75, 3.05) is 11.9 Å². The van der Waals surface area contributed by atoms with Crippen molar-refractivity contribution in [3.63, 3.8) is 0 Å². The Morgan fingerprint density at radius 3 is 2.91 bits per heavy atom. The van der Waals surface area contributed by atoms with E-state index in [-0.39, 0.29) is 5.69 Å². The third-order valence-electron chi connectivity index (χ3n) is 3.76. The van der Waals surface area contributed by atoms with E-state index in [1.165, 1.54) is 6.07 Å². The van der Waals surface area contributed by atoms with E-state index in [0.29, 0.717) is 17.1 Å². The van der Waals surface area contributed by atoms with Crippen molar-refractivity contribution in [1.82, 2.24) is 19.7 Å². The molecule has 0 saturated heterocycles. The zero-order valence-corrected chi connectivity index (χ0v) is 12.0. The number of anilines is 1. The van der Waals surface area contributed by atoms with E-state index in [2.05, 4.69) is 20.4 Å². The van der Waals surface area contributed by atoms with Crippen molar-refractivity contribution < 1.29 is 4.92 Å². The van der Waals surface area contributed by atoms with Gasteiger partial charge in [-0.1, -0.05) is 12.1 Å². The molecule has 114 valence electrons. The molecule has 8 nitrogen and oxygen atoms in total. The Bertz CT molecular complexity index is 890. The Morgan fingerprint density at radius 2 is 2.13 bits per heavy atom. The lowest BCUT2D eigenvalue weighted by Crippen LogP contribution is -2.06. The van der Waals surface area contributed by atoms with Gasteiger partial charge < -0.3 is 5.32 Å². The van der Waals surface area contributed by atoms with Crippen molar-refractivity contribution in [2.45, 2.75) is 6.42 Å². The number of nitro groups is 1. The molecule has 1 aliphatic heterocycles. The number of nitrogens with zero attached hydrogens (tertiary/aromatic N) is 5. The number of rotatable bonds is 3. The van der Waals surface area contributed by atoms with Crippen molar-refractivity contribution >= 4 is 11.5 Å². The molecule has 0 fully saturated rings. The lowest BCUT2D eigenvalue weighted by atomic mass is 10.1. The summed E-state index contributed by atoms with van der Waals surface area (Å²) < 4.78 is 1.59. The zero-order valence-electron chi connectivity index (χ0n) is 12.0. The average molecular weight is 308 g/mol. The monoisotopic (exact) mass is 308 g/mol. The molecule has 8 heteroatoms. The Kier molecular flexibility index (Phi) is 3.00. The van der Waals surface area contributed by atoms with Gasteiger partial charge in [-0.05, 0) is 12.5 Å². The molecule has 0 saturated carbocycles. The highest BCUT2D eigenvalue weighted by molar-refractivity contribution is 5.71. The van der Waals surface area contributed by atoms with Gasteiger partial charge >= 0.3 is 0 Å². The number of hydrogen-bond donors (Lipinski definition) is 1. The summed E-state index contributed by atoms with van der Waals surface area (Å²) in [6.45, 7) is 0.765. The summed E-state index contributed by atoms with van der Waals surface area (Å²) in [5, 5.41) is 19.1. The van der Waals surface area contributed by atoms with Gasteiger partial charge in [-0.15, -0.1) is 0 Å². The Morgan fingerprint density at radius 1 is 1.26 bits per heavy atom. The molecule has 0 spiro atoms. The van der Waals surface area contributed by atoms with Crippen LogP contribution in [0.25, 0.3) is 17.1 Å². The summed E-state index contributed by atoms with van der Waals surface area (Å²) >= 11 is 0. The second-order valence-electron chi connectivity index (χ2n) is 5.10. The van der Waals surface area contributed by atoms with Gasteiger partial charge in [-0.25, -0.2) is 4.68 Å². The lowest BCUT2D eigenvalue weighted by Gasteiger charge is -2.06. The van der Waals surface area contributed by atoms with Crippen LogP contribution < -0.4 is 5.32 Å². The predicted octanol–water partition coefficient (Wildman–Crippen LogP) is 2.21. The van der Waals surface area contributed by atoms with Crippen molar-refractivity contribution in [2.24, 2.45) is 0 Å². The molecule has 0 amide bonds. The third-order valence-corrected chi connectivity index (χ3v) is 3.76. The molecular formula is C15H12N6O2. The third kappa shape index (κ3) is 2.11. The maximum absolute atomic E-state index is 11.3. The number of para-hydroxylation sites is 2. The maximum atomic E-state index is 11.3. The zero-order chi connectivity index (χ0) is 15.8. The van der Waals surface area contributed by atoms with Crippen LogP contribution in [0.15, 0.2) is 42.9 Å². The number of benzene rings is 1. The Balaban J connectivity index is 1.94. The summed E-state index contributed by atoms with van der Waals surface area (Å²) in [6, 6.07) is 6.56. The molecule has 1 aromatic carbocycles. The largest absolute Gasteiger partial charge is 0.369 e. The molecule has 3 heterocycles. The van der Waals surface area contributed by atoms with Gasteiger partial charge in [0, 0.05) is 30.6 Å². The molecule has 0 aliphatic carbocycles. The first-order chi connectivity index (χ1) is 11.3. The van der Waals surface area contributed by atoms with E-state index >= 15 is 0 Å². The molecule has 3 aromatic rings. The maximum Gasteiger partial charge on any atom is 0.294 e. The highest BCUT2D eigenvalue weighted by Crippen LogP contribution is 2.35. The van der Waals surface area contributed by atoms with Crippen LogP contribution in [0.2, 0.25) is 0 Å². The van der Waals surface area contributed by atoms with E-state index < -0.39 is 4.92 Å². The summed E-state index contributed by atoms with van der Waals surface area (Å²) in [6.07, 6.45) is 5.64. The van der Waals surface area contributed by atoms with Gasteiger partial charge in [-0.2, -0.15) is 5.10 Å². The van der Waals surface area contributed by atoms with Gasteiger partial charge in [-0.3, -0.25) is 20.1 Å². The van der Waals surface area contributed by atoms with Crippen molar-refractivity contribution in [3.05, 3.63) is 58.5 Å². The SMILES string of the molecule is O=[N+]([O-])c1ccccc1-n1nc(-c2cnccn2)c2c1NCC2. The number of aromatic nitrogens is 4. The van der Waals surface area contributed by atoms with Crippen LogP contribution in [0.5, 0.6) is 0 Å². The molecule has 23 heavy (non-hydrogen) atoms. The van der Waals surface area contributed by atoms with Crippen molar-refractivity contribution in [3.8, 4) is 17.1 Å². The van der Waals surface area contributed by atoms with Crippen LogP contribution in [0, 0.1) is 10.1 Å². The summed E-state index contributed by atoms with van der Waals surface area (Å²) in [5.74, 6) is 0.778. The number of nitro benzene ring substituents is 1. The van der Waals surface area contributed by atoms with Gasteiger partial charge in [0.1, 0.15) is 22.9 Å². The van der Waals surface area contributed by atoms with Crippen LogP contribution in [0.4, 0.5) is 11.5 Å². The fraction of sp³-hybridized carbons (Fsp3) is 0.133. The van der Waals surface area contributed by atoms with Crippen molar-refractivity contribution in [1.29, 1.82) is 0 Å². The van der Waals surface area contributed by atoms with Gasteiger partial charge in [0.15, 0.2) is 0 Å². The number of nitrogens with one attached hydrogen (secondary N) is 1. The first kappa shape index (κ1) is 13.4. The highest BCUT2D eigenvalue weighted by Gasteiger charge is 2.27. The van der Waals surface area contributed by atoms with Crippen LogP contribution in [0.1, 0.15) is 5.56 Å². The first-order valence-corrected chi connectivity index (χ1v) is 7.11. The quantitative estimate of drug-likeness (QED) is 0.588. The minimum atomic E-state index is -0.402. The van der Waals surface area contributed by atoms with Gasteiger partial charge in [0.2, 0.25) is 0 Å². The normalized spacial score (nSPS) is 12.7. The summed E-state index contributed by atoms with van der Waals surface area (Å²) in [7, 11) is 0. The lowest BCUT2D eigenvalue weighted by molar-refractivity contribution is -0.384. The average Bonchev–Trinajstić information content (AvgIpc) is 3.18. The fourth-order valence-corrected chi connectivity index (χ4v) is 2.77. The van der Waals surface area contributed by atoms with Crippen LogP contribution >= 0.6 is 0 Å². The first-order valence-electron chi connectivity index (χ1n) is 7.11. The summed E-state index contributed by atoms with van der Waals surface area (Å²) in [5.41, 5.74) is 2.81. The molecular weight excluding hydrogens is 296 g/mol. The molecule has 1 aliphatic rings. The Labute approximate surface area is 131 Å². The molecule has 0 bridgehead atoms. The van der Waals surface area contributed by atoms with Crippen LogP contribution in [-0.4, -0.2) is 31.2 Å². The smallest absolute Gasteiger partial charge is 0.294 e. The Hall–Kier alpha value is -3.29. The van der Waals surface area contributed by atoms with E-state index in [1.807, 2.05) is 0 Å². The molecule has 0 unspecified atom stereocenters. The van der Waals surface area contributed by atoms with Crippen LogP contribution in [-0.2, 0) is 6.42 Å². The highest BCUT2D eigenvalue weighted by atomic mass is 16.6. The van der Waals surface area contributed by atoms with E-state index in [4.69, 9.17) is 0 Å². The standard InChI is InChI=1S/C15H12N6O2/c22-21(23)13-4-2-1-3-12(13)20-15-10(5-6-18-15)14(19-20)11-9-16-7-8-17-11/h1-4,7-9,18H,5-6H2. The molecule has 2 aromatic heterocycles. The topological polar surface area (TPSA) is 98.8 Å². The predicted molar refractivity (Wildman–Crippen MR) is 83.4 cm³/mol. The molecule has 1 N–H and O–H groups in total.